The average molecular weight is 310 g/mol. The van der Waals surface area contributed by atoms with E-state index in [9.17, 15) is 0 Å². The Balaban J connectivity index is 1.88. The van der Waals surface area contributed by atoms with Gasteiger partial charge in [-0.05, 0) is 35.1 Å². The Bertz CT molecular complexity index is 1100. The minimum absolute atomic E-state index is 0.479. The summed E-state index contributed by atoms with van der Waals surface area (Å²) in [5, 5.41) is 7.36. The number of anilines is 2. The lowest BCUT2D eigenvalue weighted by atomic mass is 9.93. The van der Waals surface area contributed by atoms with Crippen molar-refractivity contribution >= 4 is 33.1 Å². The average Bonchev–Trinajstić information content (AvgIpc) is 2.60. The zero-order valence-corrected chi connectivity index (χ0v) is 13.8. The van der Waals surface area contributed by atoms with Crippen LogP contribution in [-0.4, -0.2) is 4.98 Å². The van der Waals surface area contributed by atoms with Crippen molar-refractivity contribution in [1.29, 1.82) is 0 Å². The van der Waals surface area contributed by atoms with Crippen LogP contribution in [0.5, 0.6) is 0 Å². The summed E-state index contributed by atoms with van der Waals surface area (Å²) in [4.78, 5) is 5.02. The van der Waals surface area contributed by atoms with Gasteiger partial charge >= 0.3 is 0 Å². The van der Waals surface area contributed by atoms with Crippen LogP contribution in [0.4, 0.5) is 11.4 Å². The minimum atomic E-state index is 0.479. The number of benzene rings is 3. The molecule has 1 aliphatic heterocycles. The van der Waals surface area contributed by atoms with Crippen LogP contribution in [0.2, 0.25) is 0 Å². The molecule has 0 fully saturated rings. The summed E-state index contributed by atoms with van der Waals surface area (Å²) in [6.45, 7) is 4.47. The molecular formula is C22H18N2. The fraction of sp³-hybridized carbons (Fsp3) is 0.136. The van der Waals surface area contributed by atoms with Crippen molar-refractivity contribution in [2.75, 3.05) is 5.32 Å². The molecule has 4 aromatic rings. The third-order valence-corrected chi connectivity index (χ3v) is 4.94. The predicted molar refractivity (Wildman–Crippen MR) is 102 cm³/mol. The highest BCUT2D eigenvalue weighted by Gasteiger charge is 2.20. The molecule has 0 unspecified atom stereocenters. The Labute approximate surface area is 141 Å². The molecule has 1 N–H and O–H groups in total. The molecule has 0 aliphatic carbocycles. The van der Waals surface area contributed by atoms with Gasteiger partial charge in [-0.1, -0.05) is 56.3 Å². The Kier molecular flexibility index (Phi) is 2.72. The quantitative estimate of drug-likeness (QED) is 0.396. The van der Waals surface area contributed by atoms with Crippen LogP contribution in [0.15, 0.2) is 60.7 Å². The molecule has 0 atom stereocenters. The zero-order chi connectivity index (χ0) is 16.3. The number of rotatable bonds is 1. The maximum absolute atomic E-state index is 5.02. The van der Waals surface area contributed by atoms with E-state index in [1.54, 1.807) is 0 Å². The topological polar surface area (TPSA) is 24.9 Å². The summed E-state index contributed by atoms with van der Waals surface area (Å²) in [7, 11) is 0. The lowest BCUT2D eigenvalue weighted by molar-refractivity contribution is 0.876. The molecule has 2 heterocycles. The van der Waals surface area contributed by atoms with E-state index in [1.807, 2.05) is 0 Å². The van der Waals surface area contributed by atoms with Crippen LogP contribution >= 0.6 is 0 Å². The second-order valence-electron chi connectivity index (χ2n) is 6.79. The van der Waals surface area contributed by atoms with Gasteiger partial charge in [0.15, 0.2) is 0 Å². The lowest BCUT2D eigenvalue weighted by Gasteiger charge is -2.23. The molecule has 3 aromatic carbocycles. The minimum Gasteiger partial charge on any atom is -0.353 e. The molecule has 0 saturated heterocycles. The summed E-state index contributed by atoms with van der Waals surface area (Å²) in [6, 6.07) is 21.6. The van der Waals surface area contributed by atoms with Gasteiger partial charge in [-0.2, -0.15) is 0 Å². The van der Waals surface area contributed by atoms with E-state index in [4.69, 9.17) is 4.98 Å². The molecule has 1 aliphatic rings. The first-order valence-corrected chi connectivity index (χ1v) is 8.45. The van der Waals surface area contributed by atoms with Crippen LogP contribution in [0, 0.1) is 0 Å². The van der Waals surface area contributed by atoms with Crippen LogP contribution in [0.1, 0.15) is 25.3 Å². The van der Waals surface area contributed by atoms with Crippen molar-refractivity contribution in [3.05, 3.63) is 66.2 Å². The van der Waals surface area contributed by atoms with Crippen molar-refractivity contribution in [1.82, 2.24) is 4.98 Å². The van der Waals surface area contributed by atoms with Gasteiger partial charge in [0, 0.05) is 22.0 Å². The van der Waals surface area contributed by atoms with Gasteiger partial charge in [-0.15, -0.1) is 0 Å². The van der Waals surface area contributed by atoms with Gasteiger partial charge in [0.05, 0.1) is 16.9 Å². The third kappa shape index (κ3) is 1.80. The SMILES string of the molecule is CC(C)c1cccc2nc3c(cc12)Nc1cccc2cccc-3c12. The van der Waals surface area contributed by atoms with Crippen molar-refractivity contribution < 1.29 is 0 Å². The molecule has 116 valence electrons. The Morgan fingerprint density at radius 2 is 1.67 bits per heavy atom. The number of nitrogens with zero attached hydrogens (tertiary/aromatic N) is 1. The van der Waals surface area contributed by atoms with E-state index in [-0.39, 0.29) is 0 Å². The smallest absolute Gasteiger partial charge is 0.0951 e. The highest BCUT2D eigenvalue weighted by atomic mass is 14.9. The maximum atomic E-state index is 5.02. The van der Waals surface area contributed by atoms with E-state index in [0.29, 0.717) is 5.92 Å². The molecule has 5 rings (SSSR count). The van der Waals surface area contributed by atoms with E-state index in [0.717, 1.165) is 16.9 Å². The summed E-state index contributed by atoms with van der Waals surface area (Å²) in [5.41, 5.74) is 6.95. The summed E-state index contributed by atoms with van der Waals surface area (Å²) >= 11 is 0. The molecule has 0 bridgehead atoms. The fourth-order valence-corrected chi connectivity index (χ4v) is 3.81. The van der Waals surface area contributed by atoms with Crippen LogP contribution in [-0.2, 0) is 0 Å². The Morgan fingerprint density at radius 3 is 2.50 bits per heavy atom. The molecule has 0 saturated carbocycles. The highest BCUT2D eigenvalue weighted by molar-refractivity contribution is 6.11. The van der Waals surface area contributed by atoms with Gasteiger partial charge in [0.25, 0.3) is 0 Å². The molecular weight excluding hydrogens is 292 g/mol. The van der Waals surface area contributed by atoms with E-state index < -0.39 is 0 Å². The summed E-state index contributed by atoms with van der Waals surface area (Å²) < 4.78 is 0. The molecule has 0 spiro atoms. The number of hydrogen-bond donors (Lipinski definition) is 1. The zero-order valence-electron chi connectivity index (χ0n) is 13.8. The van der Waals surface area contributed by atoms with Gasteiger partial charge in [0.2, 0.25) is 0 Å². The van der Waals surface area contributed by atoms with Gasteiger partial charge in [-0.25, -0.2) is 4.98 Å². The van der Waals surface area contributed by atoms with E-state index in [2.05, 4.69) is 79.8 Å². The summed E-state index contributed by atoms with van der Waals surface area (Å²) in [5.74, 6) is 0.479. The van der Waals surface area contributed by atoms with Crippen molar-refractivity contribution in [2.45, 2.75) is 19.8 Å². The van der Waals surface area contributed by atoms with Crippen LogP contribution < -0.4 is 5.32 Å². The lowest BCUT2D eigenvalue weighted by Crippen LogP contribution is -2.04. The monoisotopic (exact) mass is 310 g/mol. The molecule has 2 nitrogen and oxygen atoms in total. The molecule has 2 heteroatoms. The second kappa shape index (κ2) is 4.81. The third-order valence-electron chi connectivity index (χ3n) is 4.94. The maximum Gasteiger partial charge on any atom is 0.0951 e. The largest absolute Gasteiger partial charge is 0.353 e. The standard InChI is InChI=1S/C22H18N2/c1-13(2)15-8-5-10-18-17(15)12-20-22(24-18)16-9-3-6-14-7-4-11-19(23-20)21(14)16/h3-13,23H,1-2H3. The van der Waals surface area contributed by atoms with Crippen molar-refractivity contribution in [3.63, 3.8) is 0 Å². The number of pyridine rings is 1. The first-order valence-electron chi connectivity index (χ1n) is 8.45. The summed E-state index contributed by atoms with van der Waals surface area (Å²) in [6.07, 6.45) is 0. The second-order valence-corrected chi connectivity index (χ2v) is 6.79. The van der Waals surface area contributed by atoms with Crippen molar-refractivity contribution in [3.8, 4) is 11.3 Å². The number of hydrogen-bond acceptors (Lipinski definition) is 2. The Morgan fingerprint density at radius 1 is 0.875 bits per heavy atom. The molecule has 24 heavy (non-hydrogen) atoms. The Hall–Kier alpha value is -2.87. The van der Waals surface area contributed by atoms with Crippen molar-refractivity contribution in [2.24, 2.45) is 0 Å². The van der Waals surface area contributed by atoms with Gasteiger partial charge in [0.1, 0.15) is 0 Å². The van der Waals surface area contributed by atoms with Gasteiger partial charge in [-0.3, -0.25) is 0 Å². The molecule has 0 amide bonds. The van der Waals surface area contributed by atoms with Crippen LogP contribution in [0.25, 0.3) is 32.9 Å². The van der Waals surface area contributed by atoms with E-state index in [1.165, 1.54) is 33.0 Å². The van der Waals surface area contributed by atoms with E-state index >= 15 is 0 Å². The fourth-order valence-electron chi connectivity index (χ4n) is 3.81. The van der Waals surface area contributed by atoms with Gasteiger partial charge < -0.3 is 5.32 Å². The normalized spacial score (nSPS) is 12.5. The first-order chi connectivity index (χ1) is 11.7. The number of aromatic nitrogens is 1. The number of nitrogens with one attached hydrogen (secondary N) is 1. The van der Waals surface area contributed by atoms with Crippen LogP contribution in [0.3, 0.4) is 0 Å². The first kappa shape index (κ1) is 13.6. The predicted octanol–water partition coefficient (Wildman–Crippen LogP) is 6.24. The highest BCUT2D eigenvalue weighted by Crippen LogP contribution is 2.44. The molecule has 1 aromatic heterocycles. The molecule has 0 radical (unpaired) electrons. The number of fused-ring (bicyclic) bond motifs is 3.